The Morgan fingerprint density at radius 1 is 1.24 bits per heavy atom. The molecule has 1 aromatic rings. The highest BCUT2D eigenvalue weighted by Gasteiger charge is 2.33. The molecule has 2 N–H and O–H groups in total. The molecule has 1 saturated heterocycles. The zero-order valence-corrected chi connectivity index (χ0v) is 12.7. The monoisotopic (exact) mass is 314 g/mol. The molecule has 1 amide bonds. The second kappa shape index (κ2) is 6.10. The molecule has 1 fully saturated rings. The van der Waals surface area contributed by atoms with E-state index in [-0.39, 0.29) is 11.3 Å². The Kier molecular flexibility index (Phi) is 4.62. The Morgan fingerprint density at radius 3 is 2.38 bits per heavy atom. The van der Waals surface area contributed by atoms with E-state index in [0.29, 0.717) is 13.2 Å². The van der Waals surface area contributed by atoms with Crippen molar-refractivity contribution in [2.45, 2.75) is 31.0 Å². The number of sulfonamides is 1. The predicted octanol–water partition coefficient (Wildman–Crippen LogP) is 0.458. The molecular formula is C13H18N2O5S. The van der Waals surface area contributed by atoms with Gasteiger partial charge >= 0.3 is 0 Å². The molecule has 0 bridgehead atoms. The number of benzene rings is 1. The molecule has 0 radical (unpaired) electrons. The highest BCUT2D eigenvalue weighted by atomic mass is 32.2. The van der Waals surface area contributed by atoms with Gasteiger partial charge in [0.25, 0.3) is 10.0 Å². The van der Waals surface area contributed by atoms with E-state index in [1.54, 1.807) is 19.1 Å². The molecule has 21 heavy (non-hydrogen) atoms. The first-order valence-corrected chi connectivity index (χ1v) is 7.94. The molecule has 116 valence electrons. The van der Waals surface area contributed by atoms with E-state index in [4.69, 9.17) is 9.47 Å². The van der Waals surface area contributed by atoms with E-state index >= 15 is 0 Å². The van der Waals surface area contributed by atoms with Gasteiger partial charge in [0.15, 0.2) is 5.79 Å². The number of amides is 1. The third-order valence-electron chi connectivity index (χ3n) is 3.04. The lowest BCUT2D eigenvalue weighted by Gasteiger charge is -2.21. The van der Waals surface area contributed by atoms with Crippen molar-refractivity contribution >= 4 is 15.9 Å². The van der Waals surface area contributed by atoms with Gasteiger partial charge in [-0.05, 0) is 26.0 Å². The lowest BCUT2D eigenvalue weighted by Crippen LogP contribution is -2.44. The highest BCUT2D eigenvalue weighted by molar-refractivity contribution is 7.89. The Morgan fingerprint density at radius 2 is 1.81 bits per heavy atom. The summed E-state index contributed by atoms with van der Waals surface area (Å²) in [5.74, 6) is -1.53. The smallest absolute Gasteiger partial charge is 0.257 e. The molecule has 1 aliphatic rings. The summed E-state index contributed by atoms with van der Waals surface area (Å²) in [7, 11) is -3.79. The Hall–Kier alpha value is -1.48. The average molecular weight is 314 g/mol. The quantitative estimate of drug-likeness (QED) is 0.770. The van der Waals surface area contributed by atoms with E-state index in [1.165, 1.54) is 12.1 Å². The van der Waals surface area contributed by atoms with Crippen molar-refractivity contribution in [1.82, 2.24) is 10.3 Å². The van der Waals surface area contributed by atoms with Gasteiger partial charge in [0.1, 0.15) is 0 Å². The number of hydrogen-bond acceptors (Lipinski definition) is 5. The third kappa shape index (κ3) is 4.24. The largest absolute Gasteiger partial charge is 0.347 e. The first-order valence-electron chi connectivity index (χ1n) is 6.46. The van der Waals surface area contributed by atoms with E-state index in [9.17, 15) is 13.2 Å². The number of rotatable bonds is 5. The van der Waals surface area contributed by atoms with Crippen LogP contribution < -0.4 is 10.3 Å². The van der Waals surface area contributed by atoms with Crippen LogP contribution in [-0.4, -0.2) is 33.3 Å². The van der Waals surface area contributed by atoms with Crippen LogP contribution >= 0.6 is 0 Å². The summed E-state index contributed by atoms with van der Waals surface area (Å²) in [6.07, 6.45) is -0.0938. The Bertz CT molecular complexity index is 606. The fourth-order valence-electron chi connectivity index (χ4n) is 1.90. The van der Waals surface area contributed by atoms with Crippen LogP contribution in [0.4, 0.5) is 0 Å². The van der Waals surface area contributed by atoms with Crippen molar-refractivity contribution in [3.63, 3.8) is 0 Å². The van der Waals surface area contributed by atoms with E-state index < -0.39 is 21.7 Å². The Labute approximate surface area is 123 Å². The molecule has 0 aliphatic carbocycles. The summed E-state index contributed by atoms with van der Waals surface area (Å²) >= 11 is 0. The fourth-order valence-corrected chi connectivity index (χ4v) is 2.76. The molecule has 2 rings (SSSR count). The maximum atomic E-state index is 12.0. The van der Waals surface area contributed by atoms with Crippen LogP contribution in [0.15, 0.2) is 29.2 Å². The normalized spacial score (nSPS) is 17.6. The lowest BCUT2D eigenvalue weighted by molar-refractivity contribution is -0.159. The van der Waals surface area contributed by atoms with Crippen molar-refractivity contribution < 1.29 is 22.7 Å². The summed E-state index contributed by atoms with van der Waals surface area (Å²) in [5.41, 5.74) is 3.10. The average Bonchev–Trinajstić information content (AvgIpc) is 2.83. The number of nitrogens with one attached hydrogen (secondary N) is 2. The topological polar surface area (TPSA) is 93.7 Å². The molecule has 0 saturated carbocycles. The van der Waals surface area contributed by atoms with Crippen LogP contribution in [-0.2, 0) is 24.3 Å². The number of hydrazine groups is 1. The summed E-state index contributed by atoms with van der Waals surface area (Å²) in [5, 5.41) is 0. The fraction of sp³-hybridized carbons (Fsp3) is 0.462. The number of hydrogen-bond donors (Lipinski definition) is 2. The Balaban J connectivity index is 1.92. The van der Waals surface area contributed by atoms with Gasteiger partial charge in [0, 0.05) is 0 Å². The van der Waals surface area contributed by atoms with E-state index in [1.807, 2.05) is 11.8 Å². The van der Waals surface area contributed by atoms with E-state index in [2.05, 4.69) is 5.43 Å². The minimum absolute atomic E-state index is 0.0768. The van der Waals surface area contributed by atoms with Crippen LogP contribution in [0.1, 0.15) is 18.9 Å². The van der Waals surface area contributed by atoms with Gasteiger partial charge in [-0.2, -0.15) is 0 Å². The first kappa shape index (κ1) is 15.9. The second-order valence-corrected chi connectivity index (χ2v) is 6.66. The minimum atomic E-state index is -3.79. The number of aryl methyl sites for hydroxylation is 1. The molecular weight excluding hydrogens is 296 g/mol. The standard InChI is InChI=1S/C13H18N2O5S/c1-10-3-5-11(6-4-10)21(17,18)15-14-12(16)9-13(2)19-7-8-20-13/h3-6,15H,7-9H2,1-2H3,(H,14,16). The molecule has 1 aliphatic heterocycles. The van der Waals surface area contributed by atoms with Crippen LogP contribution in [0, 0.1) is 6.92 Å². The number of ether oxygens (including phenoxy) is 2. The maximum Gasteiger partial charge on any atom is 0.257 e. The van der Waals surface area contributed by atoms with E-state index in [0.717, 1.165) is 5.56 Å². The molecule has 1 heterocycles. The number of carbonyl (C=O) groups is 1. The lowest BCUT2D eigenvalue weighted by atomic mass is 10.2. The molecule has 7 nitrogen and oxygen atoms in total. The SMILES string of the molecule is Cc1ccc(S(=O)(=O)NNC(=O)CC2(C)OCCO2)cc1. The molecule has 0 unspecified atom stereocenters. The van der Waals surface area contributed by atoms with Crippen LogP contribution in [0.25, 0.3) is 0 Å². The van der Waals surface area contributed by atoms with Crippen molar-refractivity contribution in [3.8, 4) is 0 Å². The van der Waals surface area contributed by atoms with Crippen molar-refractivity contribution in [3.05, 3.63) is 29.8 Å². The molecule has 0 aromatic heterocycles. The zero-order valence-electron chi connectivity index (χ0n) is 11.9. The summed E-state index contributed by atoms with van der Waals surface area (Å²) in [4.78, 5) is 13.9. The van der Waals surface area contributed by atoms with Gasteiger partial charge in [-0.15, -0.1) is 4.83 Å². The third-order valence-corrected chi connectivity index (χ3v) is 4.30. The maximum absolute atomic E-state index is 12.0. The van der Waals surface area contributed by atoms with Gasteiger partial charge < -0.3 is 9.47 Å². The van der Waals surface area contributed by atoms with Crippen LogP contribution in [0.3, 0.4) is 0 Å². The predicted molar refractivity (Wildman–Crippen MR) is 74.6 cm³/mol. The summed E-state index contributed by atoms with van der Waals surface area (Å²) in [6, 6.07) is 6.29. The van der Waals surface area contributed by atoms with Gasteiger partial charge in [-0.3, -0.25) is 10.2 Å². The minimum Gasteiger partial charge on any atom is -0.347 e. The molecule has 0 spiro atoms. The van der Waals surface area contributed by atoms with Crippen LogP contribution in [0.5, 0.6) is 0 Å². The van der Waals surface area contributed by atoms with Gasteiger partial charge in [-0.1, -0.05) is 17.7 Å². The number of carbonyl (C=O) groups excluding carboxylic acids is 1. The van der Waals surface area contributed by atoms with Crippen molar-refractivity contribution in [1.29, 1.82) is 0 Å². The van der Waals surface area contributed by atoms with Gasteiger partial charge in [0.2, 0.25) is 5.91 Å². The first-order chi connectivity index (χ1) is 9.81. The van der Waals surface area contributed by atoms with Crippen molar-refractivity contribution in [2.24, 2.45) is 0 Å². The summed E-state index contributed by atoms with van der Waals surface area (Å²) < 4.78 is 34.5. The van der Waals surface area contributed by atoms with Crippen molar-refractivity contribution in [2.75, 3.05) is 13.2 Å². The highest BCUT2D eigenvalue weighted by Crippen LogP contribution is 2.22. The zero-order chi connectivity index (χ0) is 15.5. The van der Waals surface area contributed by atoms with Gasteiger partial charge in [0.05, 0.1) is 24.5 Å². The van der Waals surface area contributed by atoms with Crippen LogP contribution in [0.2, 0.25) is 0 Å². The molecule has 1 aromatic carbocycles. The molecule has 8 heteroatoms. The second-order valence-electron chi connectivity index (χ2n) is 4.97. The van der Waals surface area contributed by atoms with Gasteiger partial charge in [-0.25, -0.2) is 8.42 Å². The summed E-state index contributed by atoms with van der Waals surface area (Å²) in [6.45, 7) is 4.32. The molecule has 0 atom stereocenters.